The van der Waals surface area contributed by atoms with E-state index in [4.69, 9.17) is 19.2 Å². The molecule has 0 bridgehead atoms. The first-order chi connectivity index (χ1) is 20.5. The Kier molecular flexibility index (Phi) is 6.56. The number of fused-ring (bicyclic) bond motifs is 3. The predicted octanol–water partition coefficient (Wildman–Crippen LogP) is 10.2. The minimum Gasteiger partial charge on any atom is -0.497 e. The van der Waals surface area contributed by atoms with Gasteiger partial charge < -0.3 is 19.1 Å². The highest BCUT2D eigenvalue weighted by atomic mass is 79.9. The summed E-state index contributed by atoms with van der Waals surface area (Å²) in [6, 6.07) is 37.0. The highest BCUT2D eigenvalue weighted by Gasteiger charge is 2.28. The number of rotatable bonds is 5. The van der Waals surface area contributed by atoms with Gasteiger partial charge in [0.1, 0.15) is 11.5 Å². The molecule has 1 aliphatic heterocycles. The van der Waals surface area contributed by atoms with Crippen LogP contribution in [0.5, 0.6) is 23.0 Å². The van der Waals surface area contributed by atoms with Gasteiger partial charge in [0, 0.05) is 21.5 Å². The number of nitrogens with zero attached hydrogens (tertiary/aromatic N) is 2. The number of para-hydroxylation sites is 4. The fourth-order valence-corrected chi connectivity index (χ4v) is 5.86. The molecule has 0 saturated heterocycles. The van der Waals surface area contributed by atoms with Crippen molar-refractivity contribution in [3.8, 4) is 45.4 Å². The molecule has 42 heavy (non-hydrogen) atoms. The van der Waals surface area contributed by atoms with E-state index in [1.807, 2.05) is 66.7 Å². The quantitative estimate of drug-likeness (QED) is 0.193. The van der Waals surface area contributed by atoms with Gasteiger partial charge in [-0.15, -0.1) is 0 Å². The lowest BCUT2D eigenvalue weighted by Gasteiger charge is -2.33. The van der Waals surface area contributed by atoms with Crippen molar-refractivity contribution in [1.82, 2.24) is 4.98 Å². The van der Waals surface area contributed by atoms with Crippen LogP contribution in [-0.4, -0.2) is 19.2 Å². The Balaban J connectivity index is 1.58. The normalized spacial score (nSPS) is 12.0. The molecule has 206 valence electrons. The number of halogens is 1. The number of aryl methyl sites for hydroxylation is 1. The Morgan fingerprint density at radius 1 is 0.667 bits per heavy atom. The lowest BCUT2D eigenvalue weighted by atomic mass is 9.94. The smallest absolute Gasteiger partial charge is 0.151 e. The molecule has 1 aliphatic rings. The van der Waals surface area contributed by atoms with Crippen LogP contribution >= 0.6 is 15.9 Å². The summed E-state index contributed by atoms with van der Waals surface area (Å²) in [7, 11) is 3.35. The molecule has 6 heteroatoms. The summed E-state index contributed by atoms with van der Waals surface area (Å²) in [5.74, 6) is 3.05. The molecular weight excluding hydrogens is 588 g/mol. The van der Waals surface area contributed by atoms with E-state index in [1.165, 1.54) is 0 Å². The molecule has 0 aliphatic carbocycles. The van der Waals surface area contributed by atoms with Crippen molar-refractivity contribution in [3.63, 3.8) is 0 Å². The van der Waals surface area contributed by atoms with Gasteiger partial charge in [0.05, 0.1) is 42.5 Å². The summed E-state index contributed by atoms with van der Waals surface area (Å²) in [5.41, 5.74) is 8.82. The molecule has 0 amide bonds. The van der Waals surface area contributed by atoms with Gasteiger partial charge in [0.25, 0.3) is 0 Å². The second kappa shape index (κ2) is 10.5. The number of ether oxygens (including phenoxy) is 3. The number of aromatic nitrogens is 1. The van der Waals surface area contributed by atoms with E-state index < -0.39 is 0 Å². The number of hydrogen-bond donors (Lipinski definition) is 0. The van der Waals surface area contributed by atoms with Crippen molar-refractivity contribution in [2.75, 3.05) is 19.1 Å². The monoisotopic (exact) mass is 614 g/mol. The van der Waals surface area contributed by atoms with E-state index >= 15 is 0 Å². The third kappa shape index (κ3) is 4.45. The van der Waals surface area contributed by atoms with Crippen LogP contribution in [0.25, 0.3) is 33.3 Å². The van der Waals surface area contributed by atoms with Gasteiger partial charge in [-0.25, -0.2) is 4.98 Å². The number of benzene rings is 5. The van der Waals surface area contributed by atoms with E-state index in [-0.39, 0.29) is 0 Å². The van der Waals surface area contributed by atoms with Crippen LogP contribution in [0.1, 0.15) is 5.56 Å². The topological polar surface area (TPSA) is 43.8 Å². The first-order valence-corrected chi connectivity index (χ1v) is 14.4. The van der Waals surface area contributed by atoms with E-state index in [2.05, 4.69) is 70.2 Å². The Labute approximate surface area is 253 Å². The fraction of sp³-hybridized carbons (Fsp3) is 0.0833. The Bertz CT molecular complexity index is 1900. The zero-order valence-corrected chi connectivity index (χ0v) is 25.0. The Morgan fingerprint density at radius 3 is 1.90 bits per heavy atom. The maximum absolute atomic E-state index is 6.32. The maximum atomic E-state index is 6.32. The molecule has 0 radical (unpaired) electrons. The molecule has 6 aromatic rings. The lowest BCUT2D eigenvalue weighted by Crippen LogP contribution is -2.16. The minimum atomic E-state index is 0.726. The van der Waals surface area contributed by atoms with Crippen LogP contribution in [0.2, 0.25) is 0 Å². The van der Waals surface area contributed by atoms with Gasteiger partial charge >= 0.3 is 0 Å². The standard InChI is InChI=1S/C36H27BrN2O3/c1-22-12-17-32(39-30-8-4-6-10-33(30)42-34-11-7-5-9-31(34)39)36-35(22)28(24-18-26(40-2)20-27(19-24)41-3)21-29(38-36)23-13-15-25(37)16-14-23/h4-21H,1-3H3. The summed E-state index contributed by atoms with van der Waals surface area (Å²) in [4.78, 5) is 7.62. The first-order valence-electron chi connectivity index (χ1n) is 13.6. The highest BCUT2D eigenvalue weighted by Crippen LogP contribution is 2.52. The maximum Gasteiger partial charge on any atom is 0.151 e. The Hall–Kier alpha value is -4.81. The van der Waals surface area contributed by atoms with E-state index in [1.54, 1.807) is 14.2 Å². The van der Waals surface area contributed by atoms with Crippen molar-refractivity contribution in [1.29, 1.82) is 0 Å². The van der Waals surface area contributed by atoms with Crippen molar-refractivity contribution in [2.24, 2.45) is 0 Å². The SMILES string of the molecule is COc1cc(OC)cc(-c2cc(-c3ccc(Br)cc3)nc3c(N4c5ccccc5Oc5ccccc54)ccc(C)c23)c1. The predicted molar refractivity (Wildman–Crippen MR) is 173 cm³/mol. The van der Waals surface area contributed by atoms with Crippen LogP contribution in [0.3, 0.4) is 0 Å². The van der Waals surface area contributed by atoms with Crippen LogP contribution in [0, 0.1) is 6.92 Å². The van der Waals surface area contributed by atoms with E-state index in [9.17, 15) is 0 Å². The second-order valence-electron chi connectivity index (χ2n) is 10.2. The van der Waals surface area contributed by atoms with Crippen molar-refractivity contribution >= 4 is 43.9 Å². The number of hydrogen-bond acceptors (Lipinski definition) is 5. The molecule has 5 aromatic carbocycles. The third-order valence-corrected chi connectivity index (χ3v) is 8.15. The molecule has 0 spiro atoms. The van der Waals surface area contributed by atoms with Crippen molar-refractivity contribution < 1.29 is 14.2 Å². The van der Waals surface area contributed by atoms with Crippen molar-refractivity contribution in [3.05, 3.63) is 119 Å². The molecule has 7 rings (SSSR count). The number of methoxy groups -OCH3 is 2. The second-order valence-corrected chi connectivity index (χ2v) is 11.1. The zero-order chi connectivity index (χ0) is 28.8. The Morgan fingerprint density at radius 2 is 1.29 bits per heavy atom. The summed E-state index contributed by atoms with van der Waals surface area (Å²) in [5, 5.41) is 1.06. The van der Waals surface area contributed by atoms with Gasteiger partial charge in [-0.3, -0.25) is 0 Å². The van der Waals surface area contributed by atoms with Gasteiger partial charge in [-0.1, -0.05) is 58.4 Å². The summed E-state index contributed by atoms with van der Waals surface area (Å²) >= 11 is 3.58. The third-order valence-electron chi connectivity index (χ3n) is 7.62. The van der Waals surface area contributed by atoms with Gasteiger partial charge in [0.15, 0.2) is 11.5 Å². The number of anilines is 3. The molecule has 0 fully saturated rings. The minimum absolute atomic E-state index is 0.726. The summed E-state index contributed by atoms with van der Waals surface area (Å²) in [6.07, 6.45) is 0. The number of pyridine rings is 1. The van der Waals surface area contributed by atoms with Gasteiger partial charge in [-0.05, 0) is 84.3 Å². The fourth-order valence-electron chi connectivity index (χ4n) is 5.60. The molecule has 0 N–H and O–H groups in total. The summed E-state index contributed by atoms with van der Waals surface area (Å²) in [6.45, 7) is 2.13. The molecule has 2 heterocycles. The average Bonchev–Trinajstić information content (AvgIpc) is 3.03. The van der Waals surface area contributed by atoms with Crippen molar-refractivity contribution in [2.45, 2.75) is 6.92 Å². The van der Waals surface area contributed by atoms with Gasteiger partial charge in [0.2, 0.25) is 0 Å². The summed E-state index contributed by atoms with van der Waals surface area (Å²) < 4.78 is 18.7. The lowest BCUT2D eigenvalue weighted by molar-refractivity contribution is 0.394. The van der Waals surface area contributed by atoms with Crippen LogP contribution in [0.15, 0.2) is 114 Å². The molecular formula is C36H27BrN2O3. The molecule has 0 atom stereocenters. The highest BCUT2D eigenvalue weighted by molar-refractivity contribution is 9.10. The molecule has 0 unspecified atom stereocenters. The van der Waals surface area contributed by atoms with Gasteiger partial charge in [-0.2, -0.15) is 0 Å². The van der Waals surface area contributed by atoms with Crippen LogP contribution in [0.4, 0.5) is 17.1 Å². The first kappa shape index (κ1) is 26.1. The van der Waals surface area contributed by atoms with E-state index in [0.29, 0.717) is 0 Å². The average molecular weight is 616 g/mol. The molecule has 0 saturated carbocycles. The molecule has 1 aromatic heterocycles. The zero-order valence-electron chi connectivity index (χ0n) is 23.4. The molecule has 5 nitrogen and oxygen atoms in total. The largest absolute Gasteiger partial charge is 0.497 e. The van der Waals surface area contributed by atoms with E-state index in [0.717, 1.165) is 83.4 Å². The van der Waals surface area contributed by atoms with Crippen LogP contribution < -0.4 is 19.1 Å². The van der Waals surface area contributed by atoms with Crippen LogP contribution in [-0.2, 0) is 0 Å².